The van der Waals surface area contributed by atoms with Crippen LogP contribution in [0.25, 0.3) is 0 Å². The Hall–Kier alpha value is -2.07. The molecular formula is C14H14ClN3O. The number of halogens is 1. The van der Waals surface area contributed by atoms with Crippen LogP contribution >= 0.6 is 11.6 Å². The van der Waals surface area contributed by atoms with Crippen LogP contribution in [0.3, 0.4) is 0 Å². The Morgan fingerprint density at radius 3 is 2.79 bits per heavy atom. The summed E-state index contributed by atoms with van der Waals surface area (Å²) in [5, 5.41) is 3.30. The first-order valence-electron chi connectivity index (χ1n) is 5.84. The van der Waals surface area contributed by atoms with Gasteiger partial charge in [-0.2, -0.15) is 0 Å². The van der Waals surface area contributed by atoms with E-state index >= 15 is 0 Å². The van der Waals surface area contributed by atoms with Crippen molar-refractivity contribution in [2.75, 3.05) is 5.73 Å². The minimum Gasteiger partial charge on any atom is -0.398 e. The Kier molecular flexibility index (Phi) is 4.02. The second-order valence-electron chi connectivity index (χ2n) is 4.19. The summed E-state index contributed by atoms with van der Waals surface area (Å²) in [6.45, 7) is 1.87. The second kappa shape index (κ2) is 5.71. The fraction of sp³-hybridized carbons (Fsp3) is 0.143. The van der Waals surface area contributed by atoms with Crippen LogP contribution in [0.15, 0.2) is 42.6 Å². The van der Waals surface area contributed by atoms with E-state index in [1.165, 1.54) is 0 Å². The molecule has 0 aliphatic heterocycles. The van der Waals surface area contributed by atoms with Crippen molar-refractivity contribution < 1.29 is 4.79 Å². The SMILES string of the molecule is C[C@H](NC(=O)c1ccc(Cl)c(N)c1)c1ccccn1. The molecule has 0 fully saturated rings. The van der Waals surface area contributed by atoms with E-state index in [9.17, 15) is 4.79 Å². The molecule has 0 unspecified atom stereocenters. The van der Waals surface area contributed by atoms with Crippen LogP contribution in [-0.2, 0) is 0 Å². The molecule has 0 radical (unpaired) electrons. The predicted octanol–water partition coefficient (Wildman–Crippen LogP) is 2.81. The maximum absolute atomic E-state index is 12.1. The minimum atomic E-state index is -0.207. The molecule has 19 heavy (non-hydrogen) atoms. The molecule has 4 nitrogen and oxygen atoms in total. The van der Waals surface area contributed by atoms with Gasteiger partial charge < -0.3 is 11.1 Å². The number of aromatic nitrogens is 1. The molecule has 0 aliphatic carbocycles. The number of hydrogen-bond donors (Lipinski definition) is 2. The van der Waals surface area contributed by atoms with Gasteiger partial charge in [-0.25, -0.2) is 0 Å². The monoisotopic (exact) mass is 275 g/mol. The number of nitrogens with zero attached hydrogens (tertiary/aromatic N) is 1. The Bertz CT molecular complexity index is 586. The Balaban J connectivity index is 2.11. The lowest BCUT2D eigenvalue weighted by atomic mass is 10.1. The normalized spacial score (nSPS) is 11.9. The molecule has 1 atom stereocenters. The molecule has 3 N–H and O–H groups in total. The summed E-state index contributed by atoms with van der Waals surface area (Å²) < 4.78 is 0. The lowest BCUT2D eigenvalue weighted by molar-refractivity contribution is 0.0939. The van der Waals surface area contributed by atoms with Crippen molar-refractivity contribution in [1.82, 2.24) is 10.3 Å². The summed E-state index contributed by atoms with van der Waals surface area (Å²) in [6.07, 6.45) is 1.69. The van der Waals surface area contributed by atoms with Crippen LogP contribution in [0, 0.1) is 0 Å². The minimum absolute atomic E-state index is 0.175. The number of nitrogen functional groups attached to an aromatic ring is 1. The van der Waals surface area contributed by atoms with E-state index in [2.05, 4.69) is 10.3 Å². The molecule has 0 saturated heterocycles. The van der Waals surface area contributed by atoms with Gasteiger partial charge in [0.1, 0.15) is 0 Å². The molecular weight excluding hydrogens is 262 g/mol. The van der Waals surface area contributed by atoms with Crippen LogP contribution in [0.4, 0.5) is 5.69 Å². The molecule has 0 saturated carbocycles. The summed E-state index contributed by atoms with van der Waals surface area (Å²) in [7, 11) is 0. The van der Waals surface area contributed by atoms with E-state index < -0.39 is 0 Å². The van der Waals surface area contributed by atoms with Crippen molar-refractivity contribution in [2.24, 2.45) is 0 Å². The van der Waals surface area contributed by atoms with Gasteiger partial charge in [-0.05, 0) is 37.3 Å². The van der Waals surface area contributed by atoms with Crippen molar-refractivity contribution in [2.45, 2.75) is 13.0 Å². The summed E-state index contributed by atoms with van der Waals surface area (Å²) in [4.78, 5) is 16.3. The number of anilines is 1. The molecule has 1 aromatic heterocycles. The largest absolute Gasteiger partial charge is 0.398 e. The number of hydrogen-bond acceptors (Lipinski definition) is 3. The Labute approximate surface area is 116 Å². The van der Waals surface area contributed by atoms with E-state index in [1.54, 1.807) is 24.4 Å². The molecule has 0 spiro atoms. The molecule has 98 valence electrons. The molecule has 0 aliphatic rings. The third kappa shape index (κ3) is 3.23. The highest BCUT2D eigenvalue weighted by Gasteiger charge is 2.12. The summed E-state index contributed by atoms with van der Waals surface area (Å²) in [5.41, 5.74) is 7.34. The highest BCUT2D eigenvalue weighted by atomic mass is 35.5. The number of rotatable bonds is 3. The summed E-state index contributed by atoms with van der Waals surface area (Å²) >= 11 is 5.82. The van der Waals surface area contributed by atoms with Crippen LogP contribution in [0.1, 0.15) is 29.0 Å². The van der Waals surface area contributed by atoms with Gasteiger partial charge in [0.15, 0.2) is 0 Å². The molecule has 1 heterocycles. The molecule has 5 heteroatoms. The molecule has 2 rings (SSSR count). The van der Waals surface area contributed by atoms with Crippen molar-refractivity contribution in [3.8, 4) is 0 Å². The number of nitrogens with one attached hydrogen (secondary N) is 1. The van der Waals surface area contributed by atoms with Gasteiger partial charge in [-0.15, -0.1) is 0 Å². The third-order valence-electron chi connectivity index (χ3n) is 2.74. The first-order chi connectivity index (χ1) is 9.08. The zero-order valence-electron chi connectivity index (χ0n) is 10.4. The van der Waals surface area contributed by atoms with Gasteiger partial charge in [0.05, 0.1) is 22.4 Å². The maximum Gasteiger partial charge on any atom is 0.251 e. The van der Waals surface area contributed by atoms with Gasteiger partial charge in [0, 0.05) is 11.8 Å². The number of carbonyl (C=O) groups excluding carboxylic acids is 1. The van der Waals surface area contributed by atoms with E-state index in [0.717, 1.165) is 5.69 Å². The fourth-order valence-corrected chi connectivity index (χ4v) is 1.79. The Morgan fingerprint density at radius 1 is 1.37 bits per heavy atom. The quantitative estimate of drug-likeness (QED) is 0.847. The summed E-state index contributed by atoms with van der Waals surface area (Å²) in [6, 6.07) is 10.2. The molecule has 1 aromatic carbocycles. The predicted molar refractivity (Wildman–Crippen MR) is 76.0 cm³/mol. The first kappa shape index (κ1) is 13.4. The van der Waals surface area contributed by atoms with E-state index in [0.29, 0.717) is 16.3 Å². The smallest absolute Gasteiger partial charge is 0.251 e. The Morgan fingerprint density at radius 2 is 2.16 bits per heavy atom. The summed E-state index contributed by atoms with van der Waals surface area (Å²) in [5.74, 6) is -0.207. The van der Waals surface area contributed by atoms with E-state index in [4.69, 9.17) is 17.3 Å². The van der Waals surface area contributed by atoms with Crippen molar-refractivity contribution in [3.63, 3.8) is 0 Å². The van der Waals surface area contributed by atoms with E-state index in [1.807, 2.05) is 25.1 Å². The van der Waals surface area contributed by atoms with Gasteiger partial charge in [0.2, 0.25) is 0 Å². The lowest BCUT2D eigenvalue weighted by Crippen LogP contribution is -2.27. The van der Waals surface area contributed by atoms with Crippen LogP contribution < -0.4 is 11.1 Å². The van der Waals surface area contributed by atoms with Crippen LogP contribution in [0.5, 0.6) is 0 Å². The number of carbonyl (C=O) groups is 1. The molecule has 1 amide bonds. The molecule has 2 aromatic rings. The van der Waals surface area contributed by atoms with Gasteiger partial charge in [-0.1, -0.05) is 17.7 Å². The zero-order valence-corrected chi connectivity index (χ0v) is 11.2. The fourth-order valence-electron chi connectivity index (χ4n) is 1.67. The topological polar surface area (TPSA) is 68.0 Å². The highest BCUT2D eigenvalue weighted by molar-refractivity contribution is 6.33. The van der Waals surface area contributed by atoms with Crippen LogP contribution in [-0.4, -0.2) is 10.9 Å². The van der Waals surface area contributed by atoms with Crippen LogP contribution in [0.2, 0.25) is 5.02 Å². The number of amides is 1. The number of nitrogens with two attached hydrogens (primary N) is 1. The van der Waals surface area contributed by atoms with Gasteiger partial charge >= 0.3 is 0 Å². The van der Waals surface area contributed by atoms with Gasteiger partial charge in [0.25, 0.3) is 5.91 Å². The average molecular weight is 276 g/mol. The maximum atomic E-state index is 12.1. The second-order valence-corrected chi connectivity index (χ2v) is 4.59. The lowest BCUT2D eigenvalue weighted by Gasteiger charge is -2.13. The first-order valence-corrected chi connectivity index (χ1v) is 6.22. The number of benzene rings is 1. The molecule has 0 bridgehead atoms. The van der Waals surface area contributed by atoms with Gasteiger partial charge in [-0.3, -0.25) is 9.78 Å². The standard InChI is InChI=1S/C14H14ClN3O/c1-9(13-4-2-3-7-17-13)18-14(19)10-5-6-11(15)12(16)8-10/h2-9H,16H2,1H3,(H,18,19)/t9-/m0/s1. The number of pyridine rings is 1. The zero-order chi connectivity index (χ0) is 13.8. The van der Waals surface area contributed by atoms with Crippen molar-refractivity contribution in [3.05, 3.63) is 58.9 Å². The average Bonchev–Trinajstić information content (AvgIpc) is 2.42. The highest BCUT2D eigenvalue weighted by Crippen LogP contribution is 2.20. The van der Waals surface area contributed by atoms with Crippen molar-refractivity contribution in [1.29, 1.82) is 0 Å². The van der Waals surface area contributed by atoms with E-state index in [-0.39, 0.29) is 11.9 Å². The van der Waals surface area contributed by atoms with Crippen molar-refractivity contribution >= 4 is 23.2 Å². The third-order valence-corrected chi connectivity index (χ3v) is 3.08.